The molecule has 0 spiro atoms. The predicted molar refractivity (Wildman–Crippen MR) is 290 cm³/mol. The Kier molecular flexibility index (Phi) is 14.0. The number of nitrogens with two attached hydrogens (primary N) is 1. The summed E-state index contributed by atoms with van der Waals surface area (Å²) in [5, 5.41) is 8.25. The van der Waals surface area contributed by atoms with E-state index in [0.717, 1.165) is 27.6 Å². The van der Waals surface area contributed by atoms with E-state index in [1.165, 1.54) is 30.6 Å². The Labute approximate surface area is 449 Å². The van der Waals surface area contributed by atoms with Gasteiger partial charge in [0.15, 0.2) is 28.8 Å². The lowest BCUT2D eigenvalue weighted by atomic mass is 9.90. The number of hydrogen-bond donors (Lipinski definition) is 4. The van der Waals surface area contributed by atoms with Crippen LogP contribution in [0.2, 0.25) is 0 Å². The molecule has 2 unspecified atom stereocenters. The lowest BCUT2D eigenvalue weighted by Gasteiger charge is -2.18. The molecule has 6 aromatic carbocycles. The Morgan fingerprint density at radius 3 is 1.44 bits per heavy atom. The summed E-state index contributed by atoms with van der Waals surface area (Å²) in [4.78, 5) is 43.7. The van der Waals surface area contributed by atoms with Crippen LogP contribution in [0.4, 0.5) is 0 Å². The van der Waals surface area contributed by atoms with E-state index in [9.17, 15) is 31.2 Å². The van der Waals surface area contributed by atoms with Gasteiger partial charge >= 0.3 is 0 Å². The summed E-state index contributed by atoms with van der Waals surface area (Å²) in [7, 11) is -4.65. The van der Waals surface area contributed by atoms with Crippen LogP contribution in [0.3, 0.4) is 0 Å². The first-order valence-electron chi connectivity index (χ1n) is 24.7. The van der Waals surface area contributed by atoms with Crippen molar-refractivity contribution >= 4 is 59.6 Å². The molecule has 0 fully saturated rings. The quantitative estimate of drug-likeness (QED) is 0.0801. The maximum Gasteiger partial charge on any atom is 0.264 e. The molecule has 9 aromatic rings. The van der Waals surface area contributed by atoms with Crippen molar-refractivity contribution in [2.45, 2.75) is 61.2 Å². The minimum Gasteiger partial charge on any atom is -0.454 e. The molecule has 0 saturated heterocycles. The molecular formula is C57H54N8O11S2. The monoisotopic (exact) mass is 1090 g/mol. The van der Waals surface area contributed by atoms with Gasteiger partial charge in [0.2, 0.25) is 31.3 Å². The highest BCUT2D eigenvalue weighted by Gasteiger charge is 2.34. The Balaban J connectivity index is 0.000000177. The molecule has 21 heteroatoms. The van der Waals surface area contributed by atoms with Gasteiger partial charge in [-0.25, -0.2) is 31.3 Å². The van der Waals surface area contributed by atoms with Crippen LogP contribution in [0.5, 0.6) is 23.0 Å². The first-order chi connectivity index (χ1) is 37.3. The maximum atomic E-state index is 13.9. The van der Waals surface area contributed by atoms with Gasteiger partial charge in [-0.15, -0.1) is 0 Å². The molecule has 11 rings (SSSR count). The first kappa shape index (κ1) is 52.5. The number of H-pyrrole nitrogens is 1. The molecule has 19 nitrogen and oxygen atoms in total. The fourth-order valence-electron chi connectivity index (χ4n) is 9.63. The van der Waals surface area contributed by atoms with E-state index in [1.54, 1.807) is 96.7 Å². The largest absolute Gasteiger partial charge is 0.454 e. The van der Waals surface area contributed by atoms with Crippen molar-refractivity contribution in [3.63, 3.8) is 0 Å². The maximum absolute atomic E-state index is 13.9. The number of carbonyl (C=O) groups excluding carboxylic acids is 3. The van der Waals surface area contributed by atoms with E-state index in [4.69, 9.17) is 24.7 Å². The van der Waals surface area contributed by atoms with Crippen molar-refractivity contribution in [3.8, 4) is 34.4 Å². The molecule has 3 aromatic heterocycles. The zero-order chi connectivity index (χ0) is 55.2. The molecule has 2 atom stereocenters. The van der Waals surface area contributed by atoms with Gasteiger partial charge in [0.25, 0.3) is 20.0 Å². The summed E-state index contributed by atoms with van der Waals surface area (Å²) in [5.41, 5.74) is 12.4. The summed E-state index contributed by atoms with van der Waals surface area (Å²) >= 11 is 0. The predicted octanol–water partition coefficient (Wildman–Crippen LogP) is 8.22. The van der Waals surface area contributed by atoms with Crippen molar-refractivity contribution in [2.24, 2.45) is 19.8 Å². The summed E-state index contributed by atoms with van der Waals surface area (Å²) in [5.74, 6) is -0.808. The van der Waals surface area contributed by atoms with Gasteiger partial charge in [-0.1, -0.05) is 82.3 Å². The Bertz CT molecular complexity index is 4020. The number of hydrogen-bond acceptors (Lipinski definition) is 13. The number of carbonyl (C=O) groups is 3. The molecule has 0 bridgehead atoms. The molecule has 5 N–H and O–H groups in total. The van der Waals surface area contributed by atoms with Crippen molar-refractivity contribution in [1.29, 1.82) is 0 Å². The standard InChI is InChI=1S/C29H27N5O5S.C28H27N3O6S/c1-17(2)18-4-8-21(9-5-18)40(36,37)33-29(35)27(19-7-11-25-26(13-19)39-16-38-25)23-14-34(3)24-12-20(6-10-22(23)24)28-30-15-31-32-28;1-16(2)17-4-8-20(9-5-17)38(34,35)30-28(33)26(18-7-11-24-25(13-18)37-15-36-24)22-14-31(3)23-12-19(27(29)32)6-10-21(22)23/h4-15,17,27H,16H2,1-3H3,(H,33,35)(H,30,31,32);4-14,16,26H,15H2,1-3H3,(H2,29,32)(H,30,33). The number of sulfonamides is 2. The number of amides is 3. The second-order valence-electron chi connectivity index (χ2n) is 19.5. The number of rotatable bonds is 14. The number of benzene rings is 6. The van der Waals surface area contributed by atoms with E-state index in [-0.39, 0.29) is 35.2 Å². The van der Waals surface area contributed by atoms with Crippen LogP contribution in [0.1, 0.15) is 95.1 Å². The molecule has 0 radical (unpaired) electrons. The fourth-order valence-corrected chi connectivity index (χ4v) is 11.6. The number of nitrogens with one attached hydrogen (secondary N) is 3. The number of nitrogens with zero attached hydrogens (tertiary/aromatic N) is 4. The van der Waals surface area contributed by atoms with Crippen LogP contribution < -0.4 is 34.1 Å². The van der Waals surface area contributed by atoms with Crippen LogP contribution in [0.25, 0.3) is 33.2 Å². The Hall–Kier alpha value is -8.95. The summed E-state index contributed by atoms with van der Waals surface area (Å²) in [6.45, 7) is 8.21. The van der Waals surface area contributed by atoms with Crippen LogP contribution in [-0.4, -0.2) is 72.5 Å². The fraction of sp³-hybridized carbons (Fsp3) is 0.211. The third-order valence-electron chi connectivity index (χ3n) is 13.8. The molecule has 0 aliphatic carbocycles. The number of fused-ring (bicyclic) bond motifs is 4. The number of ether oxygens (including phenoxy) is 4. The third kappa shape index (κ3) is 10.4. The summed E-state index contributed by atoms with van der Waals surface area (Å²) < 4.78 is 83.3. The second kappa shape index (κ2) is 20.9. The van der Waals surface area contributed by atoms with E-state index in [2.05, 4.69) is 24.6 Å². The van der Waals surface area contributed by atoms with Crippen LogP contribution in [-0.2, 0) is 43.7 Å². The Morgan fingerprint density at radius 2 is 1.00 bits per heavy atom. The zero-order valence-corrected chi connectivity index (χ0v) is 44.8. The van der Waals surface area contributed by atoms with Gasteiger partial charge in [0.1, 0.15) is 6.33 Å². The molecule has 0 saturated carbocycles. The molecule has 5 heterocycles. The lowest BCUT2D eigenvalue weighted by Crippen LogP contribution is -2.35. The normalized spacial score (nSPS) is 13.6. The smallest absolute Gasteiger partial charge is 0.264 e. The van der Waals surface area contributed by atoms with Crippen LogP contribution in [0.15, 0.2) is 150 Å². The molecule has 3 amide bonds. The van der Waals surface area contributed by atoms with Gasteiger partial charge in [-0.2, -0.15) is 5.10 Å². The first-order valence-corrected chi connectivity index (χ1v) is 27.7. The highest BCUT2D eigenvalue weighted by Crippen LogP contribution is 2.41. The average Bonchev–Trinajstić information content (AvgIpc) is 4.48. The number of aromatic amines is 1. The number of aryl methyl sites for hydroxylation is 2. The van der Waals surface area contributed by atoms with E-state index >= 15 is 0 Å². The Morgan fingerprint density at radius 1 is 0.564 bits per heavy atom. The zero-order valence-electron chi connectivity index (χ0n) is 43.2. The van der Waals surface area contributed by atoms with Gasteiger partial charge in [0.05, 0.1) is 21.6 Å². The van der Waals surface area contributed by atoms with Crippen LogP contribution in [0, 0.1) is 0 Å². The summed E-state index contributed by atoms with van der Waals surface area (Å²) in [6.07, 6.45) is 5.02. The van der Waals surface area contributed by atoms with Crippen LogP contribution >= 0.6 is 0 Å². The van der Waals surface area contributed by atoms with Gasteiger partial charge in [-0.05, 0) is 112 Å². The SMILES string of the molecule is CC(C)c1ccc(S(=O)(=O)NC(=O)C(c2ccc3c(c2)OCO3)c2cn(C)c3cc(-c4ncn[nH]4)ccc23)cc1.CC(C)c1ccc(S(=O)(=O)NC(=O)C(c2ccc3c(c2)OCO3)c2cn(C)c3cc(C(N)=O)ccc23)cc1. The minimum atomic E-state index is -4.16. The molecule has 78 heavy (non-hydrogen) atoms. The third-order valence-corrected chi connectivity index (χ3v) is 16.5. The van der Waals surface area contributed by atoms with Gasteiger partial charge in [-0.3, -0.25) is 19.5 Å². The van der Waals surface area contributed by atoms with Crippen molar-refractivity contribution in [2.75, 3.05) is 13.6 Å². The van der Waals surface area contributed by atoms with Gasteiger partial charge < -0.3 is 33.8 Å². The molecule has 400 valence electrons. The number of aromatic nitrogens is 5. The minimum absolute atomic E-state index is 0.0105. The highest BCUT2D eigenvalue weighted by molar-refractivity contribution is 7.90. The summed E-state index contributed by atoms with van der Waals surface area (Å²) in [6, 6.07) is 33.9. The number of primary amides is 1. The van der Waals surface area contributed by atoms with Crippen molar-refractivity contribution in [3.05, 3.63) is 179 Å². The highest BCUT2D eigenvalue weighted by atomic mass is 32.2. The molecule has 2 aliphatic heterocycles. The van der Waals surface area contributed by atoms with E-state index < -0.39 is 49.6 Å². The van der Waals surface area contributed by atoms with Gasteiger partial charge in [0, 0.05) is 59.4 Å². The van der Waals surface area contributed by atoms with E-state index in [0.29, 0.717) is 67.5 Å². The second-order valence-corrected chi connectivity index (χ2v) is 22.9. The molecule has 2 aliphatic rings. The lowest BCUT2D eigenvalue weighted by molar-refractivity contribution is -0.120. The van der Waals surface area contributed by atoms with Crippen molar-refractivity contribution in [1.82, 2.24) is 33.8 Å². The van der Waals surface area contributed by atoms with E-state index in [1.807, 2.05) is 63.7 Å². The topological polar surface area (TPSA) is 258 Å². The molecular weight excluding hydrogens is 1040 g/mol. The van der Waals surface area contributed by atoms with Crippen molar-refractivity contribution < 1.29 is 50.2 Å². The average molecular weight is 1090 g/mol.